The lowest BCUT2D eigenvalue weighted by atomic mass is 10.0. The molecule has 1 aliphatic heterocycles. The molecule has 4 nitrogen and oxygen atoms in total. The number of morpholine rings is 1. The first-order chi connectivity index (χ1) is 9.26. The molecule has 1 fully saturated rings. The second kappa shape index (κ2) is 6.89. The number of hydrogen-bond acceptors (Lipinski definition) is 4. The third-order valence-electron chi connectivity index (χ3n) is 3.51. The number of likely N-dealkylation sites (N-methyl/N-ethyl adjacent to an activating group) is 1. The van der Waals surface area contributed by atoms with Crippen LogP contribution in [0.25, 0.3) is 0 Å². The van der Waals surface area contributed by atoms with Crippen molar-refractivity contribution in [1.82, 2.24) is 4.90 Å². The number of ether oxygens (including phenoxy) is 2. The molecule has 1 aromatic rings. The van der Waals surface area contributed by atoms with E-state index in [4.69, 9.17) is 9.47 Å². The third-order valence-corrected chi connectivity index (χ3v) is 3.51. The molecule has 0 bridgehead atoms. The van der Waals surface area contributed by atoms with Crippen molar-refractivity contribution in [3.05, 3.63) is 29.8 Å². The van der Waals surface area contributed by atoms with Crippen LogP contribution in [0.15, 0.2) is 24.3 Å². The van der Waals surface area contributed by atoms with Gasteiger partial charge in [0, 0.05) is 18.7 Å². The summed E-state index contributed by atoms with van der Waals surface area (Å²) in [6.07, 6.45) is -0.826. The molecule has 0 amide bonds. The second-order valence-electron chi connectivity index (χ2n) is 4.72. The van der Waals surface area contributed by atoms with Gasteiger partial charge in [0.05, 0.1) is 13.2 Å². The highest BCUT2D eigenvalue weighted by Crippen LogP contribution is 2.29. The monoisotopic (exact) mass is 265 g/mol. The first-order valence-electron chi connectivity index (χ1n) is 7.00. The molecule has 19 heavy (non-hydrogen) atoms. The number of benzene rings is 1. The van der Waals surface area contributed by atoms with Crippen LogP contribution in [0.2, 0.25) is 0 Å². The van der Waals surface area contributed by atoms with Crippen LogP contribution >= 0.6 is 0 Å². The van der Waals surface area contributed by atoms with Gasteiger partial charge in [-0.3, -0.25) is 4.90 Å². The Morgan fingerprint density at radius 3 is 2.95 bits per heavy atom. The Kier molecular flexibility index (Phi) is 5.19. The molecule has 0 radical (unpaired) electrons. The van der Waals surface area contributed by atoms with E-state index in [-0.39, 0.29) is 6.10 Å². The maximum atomic E-state index is 10.5. The molecule has 2 atom stereocenters. The van der Waals surface area contributed by atoms with E-state index < -0.39 is 6.10 Å². The minimum atomic E-state index is -0.642. The fraction of sp³-hybridized carbons (Fsp3) is 0.600. The Labute approximate surface area is 114 Å². The largest absolute Gasteiger partial charge is 0.493 e. The highest BCUT2D eigenvalue weighted by Gasteiger charge is 2.28. The maximum absolute atomic E-state index is 10.5. The average Bonchev–Trinajstić information content (AvgIpc) is 2.47. The molecular formula is C15H23NO3. The Morgan fingerprint density at radius 2 is 2.21 bits per heavy atom. The second-order valence-corrected chi connectivity index (χ2v) is 4.72. The highest BCUT2D eigenvalue weighted by molar-refractivity contribution is 5.35. The maximum Gasteiger partial charge on any atom is 0.125 e. The van der Waals surface area contributed by atoms with E-state index in [9.17, 15) is 5.11 Å². The molecule has 0 saturated carbocycles. The first-order valence-corrected chi connectivity index (χ1v) is 7.00. The van der Waals surface area contributed by atoms with Gasteiger partial charge in [-0.25, -0.2) is 0 Å². The van der Waals surface area contributed by atoms with Crippen LogP contribution in [-0.4, -0.2) is 49.0 Å². The van der Waals surface area contributed by atoms with E-state index in [2.05, 4.69) is 11.8 Å². The van der Waals surface area contributed by atoms with Crippen molar-refractivity contribution in [3.63, 3.8) is 0 Å². The van der Waals surface area contributed by atoms with Crippen LogP contribution in [0.5, 0.6) is 5.75 Å². The number of rotatable bonds is 5. The van der Waals surface area contributed by atoms with E-state index in [1.807, 2.05) is 31.2 Å². The standard InChI is InChI=1S/C15H23NO3/c1-3-16-9-10-19-14(11-16)15(17)12-7-5-6-8-13(12)18-4-2/h5-8,14-15,17H,3-4,9-11H2,1-2H3. The normalized spacial score (nSPS) is 22.2. The third kappa shape index (κ3) is 3.47. The fourth-order valence-electron chi connectivity index (χ4n) is 2.42. The number of aliphatic hydroxyl groups is 1. The minimum Gasteiger partial charge on any atom is -0.493 e. The van der Waals surface area contributed by atoms with Gasteiger partial charge >= 0.3 is 0 Å². The van der Waals surface area contributed by atoms with Crippen molar-refractivity contribution in [2.75, 3.05) is 32.8 Å². The fourth-order valence-corrected chi connectivity index (χ4v) is 2.42. The van der Waals surface area contributed by atoms with Crippen molar-refractivity contribution < 1.29 is 14.6 Å². The zero-order chi connectivity index (χ0) is 13.7. The zero-order valence-corrected chi connectivity index (χ0v) is 11.7. The summed E-state index contributed by atoms with van der Waals surface area (Å²) < 4.78 is 11.3. The summed E-state index contributed by atoms with van der Waals surface area (Å²) in [5, 5.41) is 10.5. The van der Waals surface area contributed by atoms with Crippen molar-refractivity contribution >= 4 is 0 Å². The molecule has 1 saturated heterocycles. The predicted octanol–water partition coefficient (Wildman–Crippen LogP) is 1.84. The van der Waals surface area contributed by atoms with Crippen LogP contribution in [0.1, 0.15) is 25.5 Å². The molecule has 106 valence electrons. The summed E-state index contributed by atoms with van der Waals surface area (Å²) in [7, 11) is 0. The molecule has 2 rings (SSSR count). The summed E-state index contributed by atoms with van der Waals surface area (Å²) in [5.41, 5.74) is 0.812. The van der Waals surface area contributed by atoms with Crippen LogP contribution < -0.4 is 4.74 Å². The van der Waals surface area contributed by atoms with E-state index in [1.54, 1.807) is 0 Å². The van der Waals surface area contributed by atoms with Gasteiger partial charge in [0.25, 0.3) is 0 Å². The molecule has 1 aromatic carbocycles. The smallest absolute Gasteiger partial charge is 0.125 e. The van der Waals surface area contributed by atoms with Gasteiger partial charge in [-0.2, -0.15) is 0 Å². The summed E-state index contributed by atoms with van der Waals surface area (Å²) in [4.78, 5) is 2.29. The van der Waals surface area contributed by atoms with Crippen molar-refractivity contribution in [1.29, 1.82) is 0 Å². The first kappa shape index (κ1) is 14.3. The van der Waals surface area contributed by atoms with Crippen molar-refractivity contribution in [3.8, 4) is 5.75 Å². The number of nitrogens with zero attached hydrogens (tertiary/aromatic N) is 1. The Hall–Kier alpha value is -1.10. The molecule has 1 heterocycles. The van der Waals surface area contributed by atoms with E-state index in [1.165, 1.54) is 0 Å². The summed E-state index contributed by atoms with van der Waals surface area (Å²) in [5.74, 6) is 0.745. The van der Waals surface area contributed by atoms with Gasteiger partial charge < -0.3 is 14.6 Å². The van der Waals surface area contributed by atoms with Crippen LogP contribution in [0.4, 0.5) is 0 Å². The van der Waals surface area contributed by atoms with Gasteiger partial charge in [-0.1, -0.05) is 25.1 Å². The SMILES string of the molecule is CCOc1ccccc1C(O)C1CN(CC)CCO1. The van der Waals surface area contributed by atoms with Crippen molar-refractivity contribution in [2.45, 2.75) is 26.1 Å². The lowest BCUT2D eigenvalue weighted by Crippen LogP contribution is -2.44. The van der Waals surface area contributed by atoms with Crippen LogP contribution in [-0.2, 0) is 4.74 Å². The number of para-hydroxylation sites is 1. The lowest BCUT2D eigenvalue weighted by Gasteiger charge is -2.35. The van der Waals surface area contributed by atoms with Gasteiger partial charge in [0.1, 0.15) is 18.0 Å². The van der Waals surface area contributed by atoms with Gasteiger partial charge in [-0.05, 0) is 19.5 Å². The minimum absolute atomic E-state index is 0.185. The molecule has 1 N–H and O–H groups in total. The number of aliphatic hydroxyl groups excluding tert-OH is 1. The molecule has 4 heteroatoms. The molecule has 1 aliphatic rings. The van der Waals surface area contributed by atoms with Crippen LogP contribution in [0, 0.1) is 0 Å². The van der Waals surface area contributed by atoms with E-state index in [0.29, 0.717) is 13.2 Å². The highest BCUT2D eigenvalue weighted by atomic mass is 16.5. The Morgan fingerprint density at radius 1 is 1.42 bits per heavy atom. The zero-order valence-electron chi connectivity index (χ0n) is 11.7. The molecular weight excluding hydrogens is 242 g/mol. The van der Waals surface area contributed by atoms with E-state index in [0.717, 1.165) is 30.9 Å². The Bertz CT molecular complexity index is 397. The van der Waals surface area contributed by atoms with Gasteiger partial charge in [0.2, 0.25) is 0 Å². The summed E-state index contributed by atoms with van der Waals surface area (Å²) in [6, 6.07) is 7.63. The molecule has 2 unspecified atom stereocenters. The van der Waals surface area contributed by atoms with E-state index >= 15 is 0 Å². The molecule has 0 aliphatic carbocycles. The topological polar surface area (TPSA) is 41.9 Å². The molecule has 0 spiro atoms. The summed E-state index contributed by atoms with van der Waals surface area (Å²) >= 11 is 0. The predicted molar refractivity (Wildman–Crippen MR) is 74.4 cm³/mol. The number of hydrogen-bond donors (Lipinski definition) is 1. The van der Waals surface area contributed by atoms with Gasteiger partial charge in [0.15, 0.2) is 0 Å². The summed E-state index contributed by atoms with van der Waals surface area (Å²) in [6.45, 7) is 8.02. The van der Waals surface area contributed by atoms with Crippen LogP contribution in [0.3, 0.4) is 0 Å². The van der Waals surface area contributed by atoms with Gasteiger partial charge in [-0.15, -0.1) is 0 Å². The lowest BCUT2D eigenvalue weighted by molar-refractivity contribution is -0.0894. The Balaban J connectivity index is 2.12. The van der Waals surface area contributed by atoms with Crippen molar-refractivity contribution in [2.24, 2.45) is 0 Å². The quantitative estimate of drug-likeness (QED) is 0.882. The molecule has 0 aromatic heterocycles. The average molecular weight is 265 g/mol.